The maximum atomic E-state index is 5.71. The lowest BCUT2D eigenvalue weighted by atomic mass is 9.85. The third-order valence-corrected chi connectivity index (χ3v) is 8.17. The number of benzene rings is 1. The van der Waals surface area contributed by atoms with E-state index in [0.717, 1.165) is 78.4 Å². The van der Waals surface area contributed by atoms with Crippen LogP contribution in [0.3, 0.4) is 0 Å². The molecule has 1 aliphatic heterocycles. The smallest absolute Gasteiger partial charge is 0.133 e. The van der Waals surface area contributed by atoms with Gasteiger partial charge in [0.05, 0.1) is 18.9 Å². The molecule has 1 aromatic heterocycles. The van der Waals surface area contributed by atoms with Crippen LogP contribution >= 0.6 is 15.9 Å². The van der Waals surface area contributed by atoms with Crippen molar-refractivity contribution in [3.05, 3.63) is 116 Å². The number of fused-ring (bicyclic) bond motifs is 1. The Kier molecular flexibility index (Phi) is 8.98. The van der Waals surface area contributed by atoms with Crippen molar-refractivity contribution in [2.45, 2.75) is 25.7 Å². The fraction of sp³-hybridized carbons (Fsp3) is 0.324. The summed E-state index contributed by atoms with van der Waals surface area (Å²) in [5, 5.41) is 0. The van der Waals surface area contributed by atoms with E-state index in [2.05, 4.69) is 119 Å². The number of aromatic nitrogens is 1. The highest BCUT2D eigenvalue weighted by Crippen LogP contribution is 2.41. The molecule has 0 amide bonds. The Labute approximate surface area is 241 Å². The quantitative estimate of drug-likeness (QED) is 0.311. The van der Waals surface area contributed by atoms with Crippen molar-refractivity contribution in [1.82, 2.24) is 9.88 Å². The molecule has 0 spiro atoms. The van der Waals surface area contributed by atoms with Crippen LogP contribution < -0.4 is 4.90 Å². The SMILES string of the molecule is CC1=C=C(C(CCN(C)C)c2ccccc2)c2nc(N3CCOCC3)c(CC3=CC=C=CC=C3)cc2C=C1Br. The first kappa shape index (κ1) is 27.4. The van der Waals surface area contributed by atoms with E-state index in [1.807, 2.05) is 12.2 Å². The van der Waals surface area contributed by atoms with E-state index in [1.54, 1.807) is 0 Å². The normalized spacial score (nSPS) is 17.6. The highest BCUT2D eigenvalue weighted by molar-refractivity contribution is 9.12. The van der Waals surface area contributed by atoms with Gasteiger partial charge >= 0.3 is 0 Å². The molecule has 0 radical (unpaired) electrons. The van der Waals surface area contributed by atoms with Gasteiger partial charge in [-0.1, -0.05) is 48.6 Å². The molecule has 1 unspecified atom stereocenters. The summed E-state index contributed by atoms with van der Waals surface area (Å²) in [6.45, 7) is 6.22. The second-order valence-corrected chi connectivity index (χ2v) is 11.4. The standard InChI is InChI=1S/C34H36BrN3O/c1-25-21-31(30(15-16-37(2)3)27-13-9-6-10-14-27)33-28(24-32(25)35)23-29(22-26-11-7-4-5-8-12-26)34(36-33)38-17-19-39-20-18-38/h4,6-14,23-24,30H,15-20,22H2,1-3H3. The molecule has 0 saturated carbocycles. The Morgan fingerprint density at radius 3 is 2.69 bits per heavy atom. The van der Waals surface area contributed by atoms with Gasteiger partial charge in [0.2, 0.25) is 0 Å². The van der Waals surface area contributed by atoms with Crippen LogP contribution in [0.25, 0.3) is 11.6 Å². The minimum absolute atomic E-state index is 0.175. The Morgan fingerprint density at radius 1 is 1.13 bits per heavy atom. The molecule has 1 aromatic carbocycles. The van der Waals surface area contributed by atoms with E-state index in [-0.39, 0.29) is 5.92 Å². The number of pyridine rings is 1. The van der Waals surface area contributed by atoms with Crippen molar-refractivity contribution in [2.24, 2.45) is 0 Å². The molecule has 39 heavy (non-hydrogen) atoms. The zero-order valence-corrected chi connectivity index (χ0v) is 24.7. The van der Waals surface area contributed by atoms with Crippen molar-refractivity contribution in [2.75, 3.05) is 51.8 Å². The highest BCUT2D eigenvalue weighted by atomic mass is 79.9. The maximum absolute atomic E-state index is 5.71. The Bertz CT molecular complexity index is 1430. The van der Waals surface area contributed by atoms with Crippen LogP contribution in [0.5, 0.6) is 0 Å². The lowest BCUT2D eigenvalue weighted by Gasteiger charge is -2.31. The number of morpholine rings is 1. The van der Waals surface area contributed by atoms with Gasteiger partial charge in [-0.05, 0) is 90.9 Å². The first-order valence-electron chi connectivity index (χ1n) is 13.7. The Hall–Kier alpha value is -3.17. The third-order valence-electron chi connectivity index (χ3n) is 7.34. The van der Waals surface area contributed by atoms with Crippen molar-refractivity contribution < 1.29 is 4.74 Å². The molecular weight excluding hydrogens is 546 g/mol. The van der Waals surface area contributed by atoms with Crippen LogP contribution in [0.2, 0.25) is 0 Å². The number of hydrogen-bond acceptors (Lipinski definition) is 4. The van der Waals surface area contributed by atoms with Gasteiger partial charge in [0.25, 0.3) is 0 Å². The zero-order valence-electron chi connectivity index (χ0n) is 23.1. The van der Waals surface area contributed by atoms with E-state index < -0.39 is 0 Å². The molecule has 1 atom stereocenters. The van der Waals surface area contributed by atoms with E-state index in [4.69, 9.17) is 9.72 Å². The van der Waals surface area contributed by atoms with Crippen LogP contribution in [-0.4, -0.2) is 56.8 Å². The van der Waals surface area contributed by atoms with Crippen LogP contribution in [0.4, 0.5) is 5.82 Å². The maximum Gasteiger partial charge on any atom is 0.133 e. The molecule has 3 aliphatic rings. The number of allylic oxidation sites excluding steroid dienone is 7. The largest absolute Gasteiger partial charge is 0.378 e. The summed E-state index contributed by atoms with van der Waals surface area (Å²) in [5.74, 6) is 1.23. The van der Waals surface area contributed by atoms with Crippen molar-refractivity contribution in [3.8, 4) is 0 Å². The molecule has 1 fully saturated rings. The molecule has 0 bridgehead atoms. The molecule has 2 aromatic rings. The summed E-state index contributed by atoms with van der Waals surface area (Å²) < 4.78 is 6.76. The topological polar surface area (TPSA) is 28.6 Å². The predicted molar refractivity (Wildman–Crippen MR) is 166 cm³/mol. The summed E-state index contributed by atoms with van der Waals surface area (Å²) in [6, 6.07) is 13.2. The summed E-state index contributed by atoms with van der Waals surface area (Å²) in [5.41, 5.74) is 15.1. The molecule has 5 rings (SSSR count). The molecule has 1 saturated heterocycles. The minimum Gasteiger partial charge on any atom is -0.378 e. The van der Waals surface area contributed by atoms with Gasteiger partial charge in [-0.2, -0.15) is 0 Å². The number of nitrogens with zero attached hydrogens (tertiary/aromatic N) is 3. The van der Waals surface area contributed by atoms with Gasteiger partial charge in [-0.25, -0.2) is 4.98 Å². The first-order chi connectivity index (χ1) is 19.0. The second-order valence-electron chi connectivity index (χ2n) is 10.5. The molecule has 5 heteroatoms. The van der Waals surface area contributed by atoms with E-state index in [0.29, 0.717) is 0 Å². The average molecular weight is 583 g/mol. The zero-order chi connectivity index (χ0) is 27.2. The fourth-order valence-corrected chi connectivity index (χ4v) is 5.61. The molecule has 200 valence electrons. The number of anilines is 1. The van der Waals surface area contributed by atoms with Crippen LogP contribution in [0, 0.1) is 0 Å². The fourth-order valence-electron chi connectivity index (χ4n) is 5.27. The van der Waals surface area contributed by atoms with Crippen molar-refractivity contribution in [1.29, 1.82) is 0 Å². The minimum atomic E-state index is 0.175. The second kappa shape index (κ2) is 12.8. The summed E-state index contributed by atoms with van der Waals surface area (Å²) in [4.78, 5) is 10.2. The number of ether oxygens (including phenoxy) is 1. The molecule has 0 N–H and O–H groups in total. The Balaban J connectivity index is 1.68. The number of hydrogen-bond donors (Lipinski definition) is 0. The first-order valence-corrected chi connectivity index (χ1v) is 14.5. The van der Waals surface area contributed by atoms with E-state index >= 15 is 0 Å². The van der Waals surface area contributed by atoms with Gasteiger partial charge < -0.3 is 14.5 Å². The van der Waals surface area contributed by atoms with Gasteiger partial charge in [-0.15, -0.1) is 11.5 Å². The molecule has 2 aliphatic carbocycles. The van der Waals surface area contributed by atoms with E-state index in [1.165, 1.54) is 16.7 Å². The van der Waals surface area contributed by atoms with Gasteiger partial charge in [-0.3, -0.25) is 0 Å². The van der Waals surface area contributed by atoms with Crippen LogP contribution in [0.15, 0.2) is 93.9 Å². The Morgan fingerprint density at radius 2 is 1.92 bits per heavy atom. The summed E-state index contributed by atoms with van der Waals surface area (Å²) >= 11 is 3.84. The van der Waals surface area contributed by atoms with Crippen molar-refractivity contribution in [3.63, 3.8) is 0 Å². The van der Waals surface area contributed by atoms with Crippen LogP contribution in [-0.2, 0) is 11.2 Å². The van der Waals surface area contributed by atoms with Gasteiger partial charge in [0.1, 0.15) is 5.82 Å². The molecule has 4 nitrogen and oxygen atoms in total. The lowest BCUT2D eigenvalue weighted by Crippen LogP contribution is -2.37. The highest BCUT2D eigenvalue weighted by Gasteiger charge is 2.27. The van der Waals surface area contributed by atoms with Gasteiger partial charge in [0.15, 0.2) is 0 Å². The summed E-state index contributed by atoms with van der Waals surface area (Å²) in [7, 11) is 4.28. The summed E-state index contributed by atoms with van der Waals surface area (Å²) in [6.07, 6.45) is 14.3. The lowest BCUT2D eigenvalue weighted by molar-refractivity contribution is 0.122. The third kappa shape index (κ3) is 6.70. The molecule has 2 heterocycles. The van der Waals surface area contributed by atoms with Crippen LogP contribution in [0.1, 0.15) is 41.6 Å². The number of rotatable bonds is 8. The van der Waals surface area contributed by atoms with Gasteiger partial charge in [0, 0.05) is 46.6 Å². The number of halogens is 1. The monoisotopic (exact) mass is 581 g/mol. The molecular formula is C34H36BrN3O. The average Bonchev–Trinajstić information content (AvgIpc) is 3.27. The predicted octanol–water partition coefficient (Wildman–Crippen LogP) is 7.08. The van der Waals surface area contributed by atoms with E-state index in [9.17, 15) is 0 Å². The van der Waals surface area contributed by atoms with Crippen molar-refractivity contribution >= 4 is 33.4 Å².